The molecule has 0 bridgehead atoms. The summed E-state index contributed by atoms with van der Waals surface area (Å²) in [5.74, 6) is -2.88. The van der Waals surface area contributed by atoms with Crippen molar-refractivity contribution in [3.05, 3.63) is 29.3 Å². The zero-order valence-corrected chi connectivity index (χ0v) is 10.6. The summed E-state index contributed by atoms with van der Waals surface area (Å²) in [6, 6.07) is 1.69. The number of esters is 1. The average molecular weight is 274 g/mol. The molecule has 0 aliphatic heterocycles. The molecule has 0 radical (unpaired) electrons. The predicted molar refractivity (Wildman–Crippen MR) is 67.3 cm³/mol. The van der Waals surface area contributed by atoms with E-state index in [4.69, 9.17) is 5.73 Å². The molecule has 0 aliphatic carbocycles. The third-order valence-electron chi connectivity index (χ3n) is 2.27. The van der Waals surface area contributed by atoms with Crippen molar-refractivity contribution in [1.29, 1.82) is 0 Å². The first-order valence-electron chi connectivity index (χ1n) is 5.00. The topological polar surface area (TPSA) is 64.3 Å². The van der Waals surface area contributed by atoms with E-state index in [0.717, 1.165) is 0 Å². The highest BCUT2D eigenvalue weighted by molar-refractivity contribution is 7.80. The van der Waals surface area contributed by atoms with Crippen LogP contribution in [-0.4, -0.2) is 24.1 Å². The summed E-state index contributed by atoms with van der Waals surface area (Å²) >= 11 is 4.58. The number of halogens is 2. The monoisotopic (exact) mass is 274 g/mol. The van der Waals surface area contributed by atoms with Crippen LogP contribution in [0.1, 0.15) is 12.5 Å². The molecule has 4 nitrogen and oxygen atoms in total. The summed E-state index contributed by atoms with van der Waals surface area (Å²) in [5.41, 5.74) is 4.89. The molecule has 1 rings (SSSR count). The Morgan fingerprint density at radius 3 is 2.56 bits per heavy atom. The van der Waals surface area contributed by atoms with Gasteiger partial charge >= 0.3 is 5.97 Å². The highest BCUT2D eigenvalue weighted by Gasteiger charge is 2.19. The number of nitrogens with one attached hydrogen (secondary N) is 1. The number of hydrogen-bond donors (Lipinski definition) is 2. The van der Waals surface area contributed by atoms with Crippen molar-refractivity contribution in [3.63, 3.8) is 0 Å². The van der Waals surface area contributed by atoms with E-state index in [-0.39, 0.29) is 16.2 Å². The standard InChI is InChI=1S/C11H12F2N2O2S/c1-5(11(16)17-2)15-7-4-3-6(10(14)18)8(12)9(7)13/h3-5,15H,1-2H3,(H2,14,18). The lowest BCUT2D eigenvalue weighted by Crippen LogP contribution is -2.28. The number of benzene rings is 1. The molecule has 0 fully saturated rings. The summed E-state index contributed by atoms with van der Waals surface area (Å²) < 4.78 is 31.7. The molecule has 0 saturated carbocycles. The summed E-state index contributed by atoms with van der Waals surface area (Å²) in [6.07, 6.45) is 0. The summed E-state index contributed by atoms with van der Waals surface area (Å²) in [5, 5.41) is 2.49. The fourth-order valence-corrected chi connectivity index (χ4v) is 1.48. The van der Waals surface area contributed by atoms with E-state index in [9.17, 15) is 13.6 Å². The average Bonchev–Trinajstić information content (AvgIpc) is 2.33. The van der Waals surface area contributed by atoms with Gasteiger partial charge in [-0.2, -0.15) is 0 Å². The first-order chi connectivity index (χ1) is 8.38. The highest BCUT2D eigenvalue weighted by Crippen LogP contribution is 2.21. The molecule has 98 valence electrons. The Bertz CT molecular complexity index is 494. The first-order valence-corrected chi connectivity index (χ1v) is 5.41. The maximum absolute atomic E-state index is 13.6. The lowest BCUT2D eigenvalue weighted by atomic mass is 10.1. The molecule has 7 heteroatoms. The number of anilines is 1. The Hall–Kier alpha value is -1.76. The van der Waals surface area contributed by atoms with Gasteiger partial charge in [-0.1, -0.05) is 12.2 Å². The number of methoxy groups -OCH3 is 1. The smallest absolute Gasteiger partial charge is 0.327 e. The lowest BCUT2D eigenvalue weighted by Gasteiger charge is -2.14. The Labute approximate surface area is 108 Å². The number of rotatable bonds is 4. The van der Waals surface area contributed by atoms with Crippen LogP contribution < -0.4 is 11.1 Å². The fraction of sp³-hybridized carbons (Fsp3) is 0.273. The van der Waals surface area contributed by atoms with Crippen LogP contribution in [0.25, 0.3) is 0 Å². The zero-order valence-electron chi connectivity index (χ0n) is 9.79. The molecule has 0 saturated heterocycles. The van der Waals surface area contributed by atoms with Crippen molar-refractivity contribution in [2.75, 3.05) is 12.4 Å². The first kappa shape index (κ1) is 14.3. The Balaban J connectivity index is 3.03. The molecule has 0 aromatic heterocycles. The SMILES string of the molecule is COC(=O)C(C)Nc1ccc(C(N)=S)c(F)c1F. The Morgan fingerprint density at radius 2 is 2.06 bits per heavy atom. The van der Waals surface area contributed by atoms with E-state index in [1.54, 1.807) is 0 Å². The van der Waals surface area contributed by atoms with Gasteiger partial charge < -0.3 is 15.8 Å². The number of carbonyl (C=O) groups excluding carboxylic acids is 1. The Morgan fingerprint density at radius 1 is 1.44 bits per heavy atom. The molecule has 0 amide bonds. The van der Waals surface area contributed by atoms with Crippen LogP contribution in [0.3, 0.4) is 0 Å². The van der Waals surface area contributed by atoms with Crippen LogP contribution in [0.2, 0.25) is 0 Å². The van der Waals surface area contributed by atoms with E-state index in [0.29, 0.717) is 0 Å². The van der Waals surface area contributed by atoms with Crippen molar-refractivity contribution in [1.82, 2.24) is 0 Å². The molecule has 1 aromatic rings. The number of carbonyl (C=O) groups is 1. The fourth-order valence-electron chi connectivity index (χ4n) is 1.32. The van der Waals surface area contributed by atoms with Crippen LogP contribution in [0.5, 0.6) is 0 Å². The van der Waals surface area contributed by atoms with Crippen molar-refractivity contribution in [2.45, 2.75) is 13.0 Å². The zero-order chi connectivity index (χ0) is 13.9. The van der Waals surface area contributed by atoms with E-state index < -0.39 is 23.6 Å². The molecule has 18 heavy (non-hydrogen) atoms. The maximum atomic E-state index is 13.6. The second-order valence-electron chi connectivity index (χ2n) is 3.54. The molecule has 1 unspecified atom stereocenters. The largest absolute Gasteiger partial charge is 0.467 e. The van der Waals surface area contributed by atoms with Gasteiger partial charge in [-0.15, -0.1) is 0 Å². The number of thiocarbonyl (C=S) groups is 1. The maximum Gasteiger partial charge on any atom is 0.327 e. The summed E-state index contributed by atoms with van der Waals surface area (Å²) in [7, 11) is 1.20. The van der Waals surface area contributed by atoms with Crippen LogP contribution in [0.4, 0.5) is 14.5 Å². The van der Waals surface area contributed by atoms with Gasteiger partial charge in [0.1, 0.15) is 11.0 Å². The normalized spacial score (nSPS) is 11.8. The molecule has 0 aliphatic rings. The summed E-state index contributed by atoms with van der Waals surface area (Å²) in [4.78, 5) is 10.9. The molecule has 0 spiro atoms. The van der Waals surface area contributed by atoms with Gasteiger partial charge in [-0.05, 0) is 19.1 Å². The van der Waals surface area contributed by atoms with E-state index in [2.05, 4.69) is 22.3 Å². The predicted octanol–water partition coefficient (Wildman–Crippen LogP) is 1.57. The van der Waals surface area contributed by atoms with Gasteiger partial charge in [0.2, 0.25) is 0 Å². The van der Waals surface area contributed by atoms with Gasteiger partial charge in [0.25, 0.3) is 0 Å². The molecule has 3 N–H and O–H groups in total. The van der Waals surface area contributed by atoms with E-state index in [1.807, 2.05) is 0 Å². The van der Waals surface area contributed by atoms with Gasteiger partial charge in [0.15, 0.2) is 11.6 Å². The molecular formula is C11H12F2N2O2S. The van der Waals surface area contributed by atoms with E-state index >= 15 is 0 Å². The molecule has 1 aromatic carbocycles. The number of ether oxygens (including phenoxy) is 1. The van der Waals surface area contributed by atoms with Crippen LogP contribution in [0.15, 0.2) is 12.1 Å². The quantitative estimate of drug-likeness (QED) is 0.644. The highest BCUT2D eigenvalue weighted by atomic mass is 32.1. The van der Waals surface area contributed by atoms with Crippen molar-refractivity contribution in [2.24, 2.45) is 5.73 Å². The van der Waals surface area contributed by atoms with Gasteiger partial charge in [-0.25, -0.2) is 13.6 Å². The van der Waals surface area contributed by atoms with Crippen LogP contribution in [0, 0.1) is 11.6 Å². The van der Waals surface area contributed by atoms with E-state index in [1.165, 1.54) is 26.2 Å². The third kappa shape index (κ3) is 2.92. The summed E-state index contributed by atoms with van der Waals surface area (Å²) in [6.45, 7) is 1.46. The van der Waals surface area contributed by atoms with Crippen LogP contribution in [-0.2, 0) is 9.53 Å². The molecule has 0 heterocycles. The van der Waals surface area contributed by atoms with Gasteiger partial charge in [-0.3, -0.25) is 0 Å². The third-order valence-corrected chi connectivity index (χ3v) is 2.49. The van der Waals surface area contributed by atoms with Gasteiger partial charge in [0.05, 0.1) is 12.8 Å². The number of nitrogens with two attached hydrogens (primary N) is 1. The van der Waals surface area contributed by atoms with Crippen LogP contribution >= 0.6 is 12.2 Å². The minimum atomic E-state index is -1.15. The minimum absolute atomic E-state index is 0.162. The lowest BCUT2D eigenvalue weighted by molar-refractivity contribution is -0.141. The van der Waals surface area contributed by atoms with Crippen molar-refractivity contribution >= 4 is 28.9 Å². The second-order valence-corrected chi connectivity index (χ2v) is 3.98. The Kier molecular flexibility index (Phi) is 4.55. The minimum Gasteiger partial charge on any atom is -0.467 e. The van der Waals surface area contributed by atoms with Crippen molar-refractivity contribution in [3.8, 4) is 0 Å². The molecule has 1 atom stereocenters. The second kappa shape index (κ2) is 5.72. The van der Waals surface area contributed by atoms with Crippen molar-refractivity contribution < 1.29 is 18.3 Å². The number of hydrogen-bond acceptors (Lipinski definition) is 4. The van der Waals surface area contributed by atoms with Gasteiger partial charge in [0, 0.05) is 5.56 Å². The molecular weight excluding hydrogens is 262 g/mol.